The molecular weight excluding hydrogens is 233 g/mol. The van der Waals surface area contributed by atoms with Crippen LogP contribution in [0.2, 0.25) is 0 Å². The number of aliphatic hydroxyl groups is 1. The molecule has 18 heavy (non-hydrogen) atoms. The molecule has 100 valence electrons. The van der Waals surface area contributed by atoms with Gasteiger partial charge in [0.2, 0.25) is 0 Å². The minimum Gasteiger partial charge on any atom is -0.393 e. The van der Waals surface area contributed by atoms with Crippen molar-refractivity contribution in [2.75, 3.05) is 6.54 Å². The molecule has 4 heteroatoms. The molecule has 0 aliphatic rings. The van der Waals surface area contributed by atoms with E-state index in [0.29, 0.717) is 24.1 Å². The van der Waals surface area contributed by atoms with Crippen molar-refractivity contribution in [1.82, 2.24) is 5.32 Å². The van der Waals surface area contributed by atoms with Crippen LogP contribution in [0.4, 0.5) is 4.39 Å². The van der Waals surface area contributed by atoms with Crippen molar-refractivity contribution in [3.8, 4) is 0 Å². The van der Waals surface area contributed by atoms with Crippen molar-refractivity contribution in [1.29, 1.82) is 0 Å². The molecule has 0 aliphatic heterocycles. The average molecular weight is 253 g/mol. The van der Waals surface area contributed by atoms with E-state index in [-0.39, 0.29) is 11.8 Å². The molecule has 1 aromatic rings. The lowest BCUT2D eigenvalue weighted by atomic mass is 10.0. The quantitative estimate of drug-likeness (QED) is 0.845. The van der Waals surface area contributed by atoms with Gasteiger partial charge in [-0.1, -0.05) is 13.8 Å². The van der Waals surface area contributed by atoms with Crippen molar-refractivity contribution in [2.45, 2.75) is 33.3 Å². The monoisotopic (exact) mass is 253 g/mol. The van der Waals surface area contributed by atoms with E-state index in [9.17, 15) is 14.3 Å². The van der Waals surface area contributed by atoms with Crippen LogP contribution in [-0.2, 0) is 0 Å². The van der Waals surface area contributed by atoms with Crippen LogP contribution < -0.4 is 5.32 Å². The van der Waals surface area contributed by atoms with Gasteiger partial charge in [-0.3, -0.25) is 4.79 Å². The van der Waals surface area contributed by atoms with Gasteiger partial charge in [0.05, 0.1) is 6.10 Å². The Morgan fingerprint density at radius 3 is 2.61 bits per heavy atom. The first-order valence-electron chi connectivity index (χ1n) is 6.13. The number of amides is 1. The highest BCUT2D eigenvalue weighted by atomic mass is 19.1. The summed E-state index contributed by atoms with van der Waals surface area (Å²) in [6, 6.07) is 4.22. The van der Waals surface area contributed by atoms with E-state index in [2.05, 4.69) is 5.32 Å². The summed E-state index contributed by atoms with van der Waals surface area (Å²) in [6.07, 6.45) is 0.0667. The Balaban J connectivity index is 2.50. The maximum absolute atomic E-state index is 13.1. The summed E-state index contributed by atoms with van der Waals surface area (Å²) in [4.78, 5) is 11.7. The molecule has 0 aliphatic carbocycles. The standard InChI is InChI=1S/C14H20FNO2/c1-9(2)13(17)4-5-16-14(18)11-6-10(3)7-12(15)8-11/h6-9,13,17H,4-5H2,1-3H3,(H,16,18). The Morgan fingerprint density at radius 1 is 1.39 bits per heavy atom. The summed E-state index contributed by atoms with van der Waals surface area (Å²) in [5.41, 5.74) is 1.02. The highest BCUT2D eigenvalue weighted by Crippen LogP contribution is 2.09. The van der Waals surface area contributed by atoms with Gasteiger partial charge in [-0.25, -0.2) is 4.39 Å². The minimum absolute atomic E-state index is 0.165. The van der Waals surface area contributed by atoms with Crippen molar-refractivity contribution in [2.24, 2.45) is 5.92 Å². The SMILES string of the molecule is Cc1cc(F)cc(C(=O)NCCC(O)C(C)C)c1. The second kappa shape index (κ2) is 6.50. The number of hydrogen-bond acceptors (Lipinski definition) is 2. The molecule has 0 saturated heterocycles. The predicted molar refractivity (Wildman–Crippen MR) is 68.9 cm³/mol. The van der Waals surface area contributed by atoms with Gasteiger partial charge in [-0.15, -0.1) is 0 Å². The molecule has 0 aromatic heterocycles. The van der Waals surface area contributed by atoms with Gasteiger partial charge in [-0.2, -0.15) is 0 Å². The Bertz CT molecular complexity index is 398. The number of aryl methyl sites for hydroxylation is 1. The molecule has 1 amide bonds. The number of benzene rings is 1. The Hall–Kier alpha value is -1.42. The zero-order chi connectivity index (χ0) is 13.7. The molecule has 1 aromatic carbocycles. The van der Waals surface area contributed by atoms with E-state index >= 15 is 0 Å². The van der Waals surface area contributed by atoms with Crippen LogP contribution in [0.3, 0.4) is 0 Å². The van der Waals surface area contributed by atoms with E-state index in [4.69, 9.17) is 0 Å². The van der Waals surface area contributed by atoms with Crippen molar-refractivity contribution in [3.05, 3.63) is 35.1 Å². The van der Waals surface area contributed by atoms with Crippen molar-refractivity contribution < 1.29 is 14.3 Å². The number of rotatable bonds is 5. The Labute approximate surface area is 107 Å². The molecule has 0 heterocycles. The summed E-state index contributed by atoms with van der Waals surface area (Å²) in [6.45, 7) is 5.96. The summed E-state index contributed by atoms with van der Waals surface area (Å²) in [5.74, 6) is -0.561. The molecule has 0 saturated carbocycles. The van der Waals surface area contributed by atoms with E-state index < -0.39 is 11.9 Å². The van der Waals surface area contributed by atoms with Gasteiger partial charge in [0.1, 0.15) is 5.82 Å². The second-order valence-electron chi connectivity index (χ2n) is 4.87. The van der Waals surface area contributed by atoms with Crippen LogP contribution in [-0.4, -0.2) is 23.7 Å². The van der Waals surface area contributed by atoms with Crippen LogP contribution in [0, 0.1) is 18.7 Å². The molecule has 3 nitrogen and oxygen atoms in total. The fourth-order valence-electron chi connectivity index (χ4n) is 1.64. The van der Waals surface area contributed by atoms with Gasteiger partial charge in [0.15, 0.2) is 0 Å². The van der Waals surface area contributed by atoms with Gasteiger partial charge in [0, 0.05) is 12.1 Å². The van der Waals surface area contributed by atoms with Crippen LogP contribution >= 0.6 is 0 Å². The van der Waals surface area contributed by atoms with Crippen LogP contribution in [0.25, 0.3) is 0 Å². The molecule has 0 spiro atoms. The fourth-order valence-corrected chi connectivity index (χ4v) is 1.64. The van der Waals surface area contributed by atoms with E-state index in [1.807, 2.05) is 13.8 Å². The molecule has 1 rings (SSSR count). The van der Waals surface area contributed by atoms with E-state index in [1.54, 1.807) is 13.0 Å². The smallest absolute Gasteiger partial charge is 0.251 e. The highest BCUT2D eigenvalue weighted by Gasteiger charge is 2.11. The third kappa shape index (κ3) is 4.45. The lowest BCUT2D eigenvalue weighted by Crippen LogP contribution is -2.28. The average Bonchev–Trinajstić information content (AvgIpc) is 2.27. The molecule has 0 radical (unpaired) electrons. The maximum Gasteiger partial charge on any atom is 0.251 e. The van der Waals surface area contributed by atoms with Crippen LogP contribution in [0.1, 0.15) is 36.2 Å². The molecule has 1 atom stereocenters. The van der Waals surface area contributed by atoms with Crippen LogP contribution in [0.15, 0.2) is 18.2 Å². The lowest BCUT2D eigenvalue weighted by Gasteiger charge is -2.14. The van der Waals surface area contributed by atoms with Gasteiger partial charge >= 0.3 is 0 Å². The Morgan fingerprint density at radius 2 is 2.06 bits per heavy atom. The van der Waals surface area contributed by atoms with Crippen LogP contribution in [0.5, 0.6) is 0 Å². The predicted octanol–water partition coefficient (Wildman–Crippen LogP) is 2.27. The van der Waals surface area contributed by atoms with E-state index in [1.165, 1.54) is 12.1 Å². The fraction of sp³-hybridized carbons (Fsp3) is 0.500. The third-order valence-electron chi connectivity index (χ3n) is 2.80. The van der Waals surface area contributed by atoms with Gasteiger partial charge in [0.25, 0.3) is 5.91 Å². The summed E-state index contributed by atoms with van der Waals surface area (Å²) >= 11 is 0. The third-order valence-corrected chi connectivity index (χ3v) is 2.80. The first kappa shape index (κ1) is 14.6. The van der Waals surface area contributed by atoms with Crippen molar-refractivity contribution in [3.63, 3.8) is 0 Å². The van der Waals surface area contributed by atoms with Gasteiger partial charge < -0.3 is 10.4 Å². The molecule has 0 fully saturated rings. The van der Waals surface area contributed by atoms with Gasteiger partial charge in [-0.05, 0) is 43.0 Å². The minimum atomic E-state index is -0.431. The topological polar surface area (TPSA) is 49.3 Å². The lowest BCUT2D eigenvalue weighted by molar-refractivity contribution is 0.0919. The van der Waals surface area contributed by atoms with Crippen molar-refractivity contribution >= 4 is 5.91 Å². The zero-order valence-corrected chi connectivity index (χ0v) is 11.0. The molecular formula is C14H20FNO2. The first-order chi connectivity index (χ1) is 8.40. The number of hydrogen-bond donors (Lipinski definition) is 2. The largest absolute Gasteiger partial charge is 0.393 e. The number of carbonyl (C=O) groups is 1. The number of carbonyl (C=O) groups excluding carboxylic acids is 1. The number of halogens is 1. The normalized spacial score (nSPS) is 12.6. The Kier molecular flexibility index (Phi) is 5.28. The summed E-state index contributed by atoms with van der Waals surface area (Å²) in [7, 11) is 0. The summed E-state index contributed by atoms with van der Waals surface area (Å²) in [5, 5.41) is 12.3. The molecule has 0 bridgehead atoms. The first-order valence-corrected chi connectivity index (χ1v) is 6.13. The maximum atomic E-state index is 13.1. The second-order valence-corrected chi connectivity index (χ2v) is 4.87. The highest BCUT2D eigenvalue weighted by molar-refractivity contribution is 5.94. The summed E-state index contributed by atoms with van der Waals surface area (Å²) < 4.78 is 13.1. The zero-order valence-electron chi connectivity index (χ0n) is 11.0. The number of nitrogens with one attached hydrogen (secondary N) is 1. The van der Waals surface area contributed by atoms with E-state index in [0.717, 1.165) is 0 Å². The molecule has 2 N–H and O–H groups in total. The number of aliphatic hydroxyl groups excluding tert-OH is 1. The molecule has 1 unspecified atom stereocenters.